The van der Waals surface area contributed by atoms with Crippen molar-refractivity contribution < 1.29 is 28.7 Å². The Hall–Kier alpha value is -7.40. The van der Waals surface area contributed by atoms with Gasteiger partial charge in [0.05, 0.1) is 22.4 Å². The van der Waals surface area contributed by atoms with Crippen LogP contribution in [0, 0.1) is 11.3 Å². The van der Waals surface area contributed by atoms with Crippen LogP contribution in [0.2, 0.25) is 0 Å². The number of nitriles is 1. The van der Waals surface area contributed by atoms with Crippen LogP contribution in [0.4, 0.5) is 16.3 Å². The molecule has 2 fully saturated rings. The summed E-state index contributed by atoms with van der Waals surface area (Å²) in [6, 6.07) is 30.7. The van der Waals surface area contributed by atoms with Gasteiger partial charge in [-0.3, -0.25) is 39.3 Å². The minimum absolute atomic E-state index is 0.0182. The van der Waals surface area contributed by atoms with Crippen molar-refractivity contribution in [1.29, 1.82) is 5.26 Å². The lowest BCUT2D eigenvalue weighted by Crippen LogP contribution is -2.54. The third kappa shape index (κ3) is 8.36. The average Bonchev–Trinajstić information content (AvgIpc) is 3.52. The van der Waals surface area contributed by atoms with E-state index in [1.807, 2.05) is 77.7 Å². The second kappa shape index (κ2) is 17.0. The van der Waals surface area contributed by atoms with Gasteiger partial charge in [-0.1, -0.05) is 54.6 Å². The number of pyridine rings is 2. The molecule has 14 nitrogen and oxygen atoms in total. The molecule has 0 spiro atoms. The number of carbonyl (C=O) groups is 5. The summed E-state index contributed by atoms with van der Waals surface area (Å²) < 4.78 is 6.02. The number of piperidine rings is 1. The molecular weight excluding hydrogens is 749 g/mol. The lowest BCUT2D eigenvalue weighted by Gasteiger charge is -2.37. The molecule has 3 aliphatic rings. The lowest BCUT2D eigenvalue weighted by molar-refractivity contribution is -0.136. The maximum absolute atomic E-state index is 13.9. The molecule has 1 aliphatic carbocycles. The molecule has 2 aliphatic heterocycles. The summed E-state index contributed by atoms with van der Waals surface area (Å²) in [5, 5.41) is 17.9. The lowest BCUT2D eigenvalue weighted by atomic mass is 9.89. The molecular formula is C45H40N8O6. The highest BCUT2D eigenvalue weighted by Crippen LogP contribution is 2.35. The molecule has 1 atom stereocenters. The summed E-state index contributed by atoms with van der Waals surface area (Å²) in [5.41, 5.74) is 4.85. The Morgan fingerprint density at radius 3 is 2.31 bits per heavy atom. The van der Waals surface area contributed by atoms with Crippen LogP contribution in [0.3, 0.4) is 0 Å². The Kier molecular flexibility index (Phi) is 11.1. The normalized spacial score (nSPS) is 18.7. The van der Waals surface area contributed by atoms with Crippen LogP contribution in [0.25, 0.3) is 11.1 Å². The fourth-order valence-electron chi connectivity index (χ4n) is 7.84. The highest BCUT2D eigenvalue weighted by atomic mass is 16.5. The number of aromatic nitrogens is 2. The van der Waals surface area contributed by atoms with Crippen molar-refractivity contribution in [2.75, 3.05) is 10.2 Å². The summed E-state index contributed by atoms with van der Waals surface area (Å²) in [7, 11) is 0. The van der Waals surface area contributed by atoms with Gasteiger partial charge < -0.3 is 15.4 Å². The van der Waals surface area contributed by atoms with E-state index in [1.165, 1.54) is 6.07 Å². The summed E-state index contributed by atoms with van der Waals surface area (Å²) >= 11 is 0. The summed E-state index contributed by atoms with van der Waals surface area (Å²) in [6.45, 7) is 0.420. The van der Waals surface area contributed by atoms with E-state index in [9.17, 15) is 24.0 Å². The predicted octanol–water partition coefficient (Wildman–Crippen LogP) is 6.13. The maximum Gasteiger partial charge on any atom is 0.322 e. The molecule has 59 heavy (non-hydrogen) atoms. The van der Waals surface area contributed by atoms with Gasteiger partial charge in [0.15, 0.2) is 0 Å². The number of benzene rings is 3. The largest absolute Gasteiger partial charge is 0.486 e. The predicted molar refractivity (Wildman–Crippen MR) is 217 cm³/mol. The van der Waals surface area contributed by atoms with E-state index >= 15 is 0 Å². The third-order valence-corrected chi connectivity index (χ3v) is 10.9. The zero-order valence-corrected chi connectivity index (χ0v) is 32.0. The van der Waals surface area contributed by atoms with E-state index < -0.39 is 29.7 Å². The number of ether oxygens (including phenoxy) is 1. The van der Waals surface area contributed by atoms with Crippen molar-refractivity contribution in [1.82, 2.24) is 25.5 Å². The molecule has 1 saturated carbocycles. The fraction of sp³-hybridized carbons (Fsp3) is 0.244. The maximum atomic E-state index is 13.9. The van der Waals surface area contributed by atoms with Crippen LogP contribution in [0.1, 0.15) is 76.1 Å². The summed E-state index contributed by atoms with van der Waals surface area (Å²) in [4.78, 5) is 76.4. The first-order valence-electron chi connectivity index (χ1n) is 19.5. The van der Waals surface area contributed by atoms with E-state index in [0.29, 0.717) is 17.8 Å². The smallest absolute Gasteiger partial charge is 0.322 e. The zero-order chi connectivity index (χ0) is 40.9. The van der Waals surface area contributed by atoms with E-state index in [4.69, 9.17) is 10.00 Å². The van der Waals surface area contributed by atoms with Crippen LogP contribution in [0.5, 0.6) is 5.75 Å². The Morgan fingerprint density at radius 2 is 1.61 bits per heavy atom. The van der Waals surface area contributed by atoms with Crippen molar-refractivity contribution in [2.45, 2.75) is 69.8 Å². The van der Waals surface area contributed by atoms with Gasteiger partial charge >= 0.3 is 6.03 Å². The number of hydrogen-bond acceptors (Lipinski definition) is 10. The van der Waals surface area contributed by atoms with E-state index in [1.54, 1.807) is 30.6 Å². The van der Waals surface area contributed by atoms with Gasteiger partial charge in [0.25, 0.3) is 11.8 Å². The Morgan fingerprint density at radius 1 is 0.831 bits per heavy atom. The average molecular weight is 789 g/mol. The number of fused-ring (bicyclic) bond motifs is 1. The van der Waals surface area contributed by atoms with Crippen molar-refractivity contribution in [2.24, 2.45) is 0 Å². The molecule has 5 aromatic rings. The standard InChI is InChI=1S/C45H40N8O6/c46-23-29-9-21-39(48-25-29)50-32-14-18-35(19-15-32)52(45(58)49-24-28-5-2-1-3-6-28)34-16-11-30(12-17-34)31-10-13-33(47-26-31)27-59-38-8-4-7-36-41(38)44(57)53(43(36)56)37-20-22-40(54)51-42(37)55/h1-13,16-17,21,25-26,32,35,37H,14-15,18-20,22,24,27H2,(H,48,50)(H,49,58)(H,51,54,55). The van der Waals surface area contributed by atoms with Crippen molar-refractivity contribution in [3.05, 3.63) is 137 Å². The van der Waals surface area contributed by atoms with Crippen LogP contribution >= 0.6 is 0 Å². The molecule has 2 aromatic heterocycles. The number of nitrogens with one attached hydrogen (secondary N) is 3. The van der Waals surface area contributed by atoms with E-state index in [0.717, 1.165) is 58.8 Å². The first-order valence-corrected chi connectivity index (χ1v) is 19.5. The number of carbonyl (C=O) groups excluding carboxylic acids is 5. The number of rotatable bonds is 11. The number of amides is 6. The van der Waals surface area contributed by atoms with Crippen molar-refractivity contribution >= 4 is 41.2 Å². The number of nitrogens with zero attached hydrogens (tertiary/aromatic N) is 5. The van der Waals surface area contributed by atoms with Crippen molar-refractivity contribution in [3.63, 3.8) is 0 Å². The Bertz CT molecular complexity index is 2430. The minimum atomic E-state index is -1.07. The first-order chi connectivity index (χ1) is 28.7. The molecule has 1 unspecified atom stereocenters. The monoisotopic (exact) mass is 788 g/mol. The molecule has 14 heteroatoms. The van der Waals surface area contributed by atoms with Gasteiger partial charge in [0.2, 0.25) is 11.8 Å². The van der Waals surface area contributed by atoms with Gasteiger partial charge in [-0.25, -0.2) is 9.78 Å². The number of imide groups is 2. The number of urea groups is 1. The molecule has 3 aromatic carbocycles. The molecule has 1 saturated heterocycles. The van der Waals surface area contributed by atoms with E-state index in [-0.39, 0.29) is 54.4 Å². The number of hydrogen-bond donors (Lipinski definition) is 3. The van der Waals surface area contributed by atoms with Gasteiger partial charge in [-0.2, -0.15) is 5.26 Å². The number of anilines is 2. The summed E-state index contributed by atoms with van der Waals surface area (Å²) in [6.07, 6.45) is 6.64. The second-order valence-electron chi connectivity index (χ2n) is 14.7. The topological polar surface area (TPSA) is 187 Å². The van der Waals surface area contributed by atoms with Gasteiger partial charge in [-0.05, 0) is 85.7 Å². The van der Waals surface area contributed by atoms with Gasteiger partial charge in [-0.15, -0.1) is 0 Å². The summed E-state index contributed by atoms with van der Waals surface area (Å²) in [5.74, 6) is -1.44. The van der Waals surface area contributed by atoms with Crippen molar-refractivity contribution in [3.8, 4) is 22.9 Å². The molecule has 0 radical (unpaired) electrons. The molecule has 3 N–H and O–H groups in total. The SMILES string of the molecule is N#Cc1ccc(NC2CCC(N(C(=O)NCc3ccccc3)c3ccc(-c4ccc(COc5cccc6c5C(=O)N(C5CCC(=O)NC5=O)C6=O)nc4)cc3)CC2)nc1. The zero-order valence-electron chi connectivity index (χ0n) is 32.0. The minimum Gasteiger partial charge on any atom is -0.486 e. The van der Waals surface area contributed by atoms with Crippen LogP contribution in [0.15, 0.2) is 109 Å². The Labute approximate surface area is 340 Å². The molecule has 296 valence electrons. The van der Waals surface area contributed by atoms with Crippen LogP contribution in [-0.4, -0.2) is 62.7 Å². The quantitative estimate of drug-likeness (QED) is 0.131. The molecule has 6 amide bonds. The third-order valence-electron chi connectivity index (χ3n) is 10.9. The first kappa shape index (κ1) is 38.5. The second-order valence-corrected chi connectivity index (χ2v) is 14.7. The van der Waals surface area contributed by atoms with Crippen LogP contribution in [-0.2, 0) is 22.7 Å². The highest BCUT2D eigenvalue weighted by molar-refractivity contribution is 6.24. The molecule has 0 bridgehead atoms. The van der Waals surface area contributed by atoms with Gasteiger partial charge in [0, 0.05) is 48.7 Å². The van der Waals surface area contributed by atoms with Gasteiger partial charge in [0.1, 0.15) is 30.3 Å². The van der Waals surface area contributed by atoms with E-state index in [2.05, 4.69) is 32.0 Å². The molecule has 4 heterocycles. The fourth-order valence-corrected chi connectivity index (χ4v) is 7.84. The van der Waals surface area contributed by atoms with Crippen LogP contribution < -0.4 is 25.6 Å². The Balaban J connectivity index is 0.927. The highest BCUT2D eigenvalue weighted by Gasteiger charge is 2.46. The molecule has 8 rings (SSSR count).